The van der Waals surface area contributed by atoms with Crippen LogP contribution in [0.25, 0.3) is 10.8 Å². The predicted molar refractivity (Wildman–Crippen MR) is 82.9 cm³/mol. The highest BCUT2D eigenvalue weighted by atomic mass is 32.1. The molecule has 0 saturated carbocycles. The SMILES string of the molecule is O=C(NNC(=O)c1ccccc1O)c1csc(-c2ccco2)n1. The third-order valence-corrected chi connectivity index (χ3v) is 3.76. The first-order valence-electron chi connectivity index (χ1n) is 6.53. The average Bonchev–Trinajstić information content (AvgIpc) is 3.23. The van der Waals surface area contributed by atoms with Crippen LogP contribution in [0.5, 0.6) is 5.75 Å². The first-order chi connectivity index (χ1) is 11.1. The van der Waals surface area contributed by atoms with Crippen molar-refractivity contribution in [1.82, 2.24) is 15.8 Å². The Hall–Kier alpha value is -3.13. The number of nitrogens with zero attached hydrogens (tertiary/aromatic N) is 1. The molecule has 2 amide bonds. The van der Waals surface area contributed by atoms with Gasteiger partial charge in [-0.1, -0.05) is 12.1 Å². The molecule has 0 bridgehead atoms. The molecule has 0 aliphatic carbocycles. The van der Waals surface area contributed by atoms with Crippen LogP contribution in [0.3, 0.4) is 0 Å². The first-order valence-corrected chi connectivity index (χ1v) is 7.41. The summed E-state index contributed by atoms with van der Waals surface area (Å²) in [6, 6.07) is 9.48. The van der Waals surface area contributed by atoms with Gasteiger partial charge in [0, 0.05) is 5.38 Å². The van der Waals surface area contributed by atoms with Crippen molar-refractivity contribution >= 4 is 23.2 Å². The highest BCUT2D eigenvalue weighted by molar-refractivity contribution is 7.13. The summed E-state index contributed by atoms with van der Waals surface area (Å²) in [5, 5.41) is 11.7. The monoisotopic (exact) mass is 329 g/mol. The Morgan fingerprint density at radius 3 is 2.61 bits per heavy atom. The molecule has 0 aliphatic rings. The highest BCUT2D eigenvalue weighted by Crippen LogP contribution is 2.23. The van der Waals surface area contributed by atoms with E-state index in [0.717, 1.165) is 0 Å². The molecular formula is C15H11N3O4S. The number of aromatic hydroxyl groups is 1. The van der Waals surface area contributed by atoms with Crippen LogP contribution in [0, 0.1) is 0 Å². The molecule has 0 unspecified atom stereocenters. The molecule has 2 heterocycles. The second kappa shape index (κ2) is 6.32. The Bertz CT molecular complexity index is 842. The maximum Gasteiger partial charge on any atom is 0.289 e. The Labute approximate surface area is 134 Å². The quantitative estimate of drug-likeness (QED) is 0.639. The molecule has 0 spiro atoms. The van der Waals surface area contributed by atoms with Gasteiger partial charge in [0.2, 0.25) is 0 Å². The van der Waals surface area contributed by atoms with Crippen molar-refractivity contribution in [3.63, 3.8) is 0 Å². The summed E-state index contributed by atoms with van der Waals surface area (Å²) in [6.45, 7) is 0. The molecule has 2 aromatic heterocycles. The van der Waals surface area contributed by atoms with Crippen molar-refractivity contribution in [2.24, 2.45) is 0 Å². The van der Waals surface area contributed by atoms with Crippen LogP contribution in [-0.4, -0.2) is 21.9 Å². The number of aromatic nitrogens is 1. The fourth-order valence-electron chi connectivity index (χ4n) is 1.80. The zero-order valence-corrected chi connectivity index (χ0v) is 12.5. The van der Waals surface area contributed by atoms with Gasteiger partial charge < -0.3 is 9.52 Å². The Kier molecular flexibility index (Phi) is 4.07. The van der Waals surface area contributed by atoms with Gasteiger partial charge in [0.15, 0.2) is 10.8 Å². The maximum atomic E-state index is 12.0. The van der Waals surface area contributed by atoms with Crippen molar-refractivity contribution in [3.05, 3.63) is 59.3 Å². The van der Waals surface area contributed by atoms with E-state index in [-0.39, 0.29) is 17.0 Å². The number of benzene rings is 1. The number of phenolic OH excluding ortho intramolecular Hbond substituents is 1. The number of phenols is 1. The van der Waals surface area contributed by atoms with Crippen LogP contribution in [0.4, 0.5) is 0 Å². The minimum atomic E-state index is -0.627. The molecule has 8 heteroatoms. The molecule has 23 heavy (non-hydrogen) atoms. The predicted octanol–water partition coefficient (Wildman–Crippen LogP) is 2.18. The fourth-order valence-corrected chi connectivity index (χ4v) is 2.57. The van der Waals surface area contributed by atoms with E-state index in [9.17, 15) is 14.7 Å². The van der Waals surface area contributed by atoms with E-state index in [4.69, 9.17) is 4.42 Å². The van der Waals surface area contributed by atoms with Crippen LogP contribution in [-0.2, 0) is 0 Å². The first kappa shape index (κ1) is 14.8. The topological polar surface area (TPSA) is 104 Å². The lowest BCUT2D eigenvalue weighted by Gasteiger charge is -2.07. The van der Waals surface area contributed by atoms with E-state index < -0.39 is 11.8 Å². The van der Waals surface area contributed by atoms with Crippen molar-refractivity contribution < 1.29 is 19.1 Å². The lowest BCUT2D eigenvalue weighted by molar-refractivity contribution is 0.0842. The van der Waals surface area contributed by atoms with E-state index in [2.05, 4.69) is 15.8 Å². The van der Waals surface area contributed by atoms with E-state index in [1.54, 1.807) is 29.6 Å². The number of rotatable bonds is 3. The van der Waals surface area contributed by atoms with Crippen LogP contribution in [0.2, 0.25) is 0 Å². The summed E-state index contributed by atoms with van der Waals surface area (Å²) in [5.41, 5.74) is 4.68. The molecular weight excluding hydrogens is 318 g/mol. The van der Waals surface area contributed by atoms with E-state index in [1.165, 1.54) is 29.7 Å². The number of para-hydroxylation sites is 1. The molecule has 1 aromatic carbocycles. The third-order valence-electron chi connectivity index (χ3n) is 2.91. The number of thiazole rings is 1. The molecule has 3 aromatic rings. The van der Waals surface area contributed by atoms with Crippen LogP contribution in [0.15, 0.2) is 52.5 Å². The number of carbonyl (C=O) groups excluding carboxylic acids is 2. The maximum absolute atomic E-state index is 12.0. The average molecular weight is 329 g/mol. The van der Waals surface area contributed by atoms with Gasteiger partial charge in [-0.2, -0.15) is 0 Å². The van der Waals surface area contributed by atoms with E-state index in [1.807, 2.05) is 0 Å². The Morgan fingerprint density at radius 2 is 1.87 bits per heavy atom. The Morgan fingerprint density at radius 1 is 1.09 bits per heavy atom. The lowest BCUT2D eigenvalue weighted by Crippen LogP contribution is -2.41. The number of hydrogen-bond donors (Lipinski definition) is 3. The van der Waals surface area contributed by atoms with Crippen molar-refractivity contribution in [1.29, 1.82) is 0 Å². The zero-order valence-electron chi connectivity index (χ0n) is 11.6. The van der Waals surface area contributed by atoms with Gasteiger partial charge in [-0.05, 0) is 24.3 Å². The van der Waals surface area contributed by atoms with E-state index >= 15 is 0 Å². The van der Waals surface area contributed by atoms with Gasteiger partial charge in [-0.25, -0.2) is 4.98 Å². The molecule has 0 saturated heterocycles. The van der Waals surface area contributed by atoms with Gasteiger partial charge in [-0.15, -0.1) is 11.3 Å². The third kappa shape index (κ3) is 3.22. The van der Waals surface area contributed by atoms with Crippen molar-refractivity contribution in [2.45, 2.75) is 0 Å². The fraction of sp³-hybridized carbons (Fsp3) is 0. The highest BCUT2D eigenvalue weighted by Gasteiger charge is 2.15. The van der Waals surface area contributed by atoms with Crippen LogP contribution in [0.1, 0.15) is 20.8 Å². The minimum Gasteiger partial charge on any atom is -0.507 e. The molecule has 3 rings (SSSR count). The lowest BCUT2D eigenvalue weighted by atomic mass is 10.2. The van der Waals surface area contributed by atoms with E-state index in [0.29, 0.717) is 10.8 Å². The van der Waals surface area contributed by atoms with Gasteiger partial charge in [-0.3, -0.25) is 20.4 Å². The molecule has 0 aliphatic heterocycles. The molecule has 0 radical (unpaired) electrons. The number of hydrazine groups is 1. The zero-order chi connectivity index (χ0) is 16.2. The number of amides is 2. The van der Waals surface area contributed by atoms with Crippen LogP contribution < -0.4 is 10.9 Å². The normalized spacial score (nSPS) is 10.3. The number of hydrogen-bond acceptors (Lipinski definition) is 6. The standard InChI is InChI=1S/C15H11N3O4S/c19-11-5-2-1-4-9(11)13(20)17-18-14(21)10-8-23-15(16-10)12-6-3-7-22-12/h1-8,19H,(H,17,20)(H,18,21). The Balaban J connectivity index is 1.64. The molecule has 7 nitrogen and oxygen atoms in total. The van der Waals surface area contributed by atoms with Gasteiger partial charge in [0.1, 0.15) is 11.4 Å². The summed E-state index contributed by atoms with van der Waals surface area (Å²) < 4.78 is 5.20. The number of furan rings is 1. The van der Waals surface area contributed by atoms with Gasteiger partial charge in [0.05, 0.1) is 11.8 Å². The van der Waals surface area contributed by atoms with Crippen molar-refractivity contribution in [3.8, 4) is 16.5 Å². The summed E-state index contributed by atoms with van der Waals surface area (Å²) in [4.78, 5) is 28.0. The molecule has 0 fully saturated rings. The summed E-state index contributed by atoms with van der Waals surface area (Å²) in [6.07, 6.45) is 1.52. The van der Waals surface area contributed by atoms with Crippen LogP contribution >= 0.6 is 11.3 Å². The van der Waals surface area contributed by atoms with Crippen molar-refractivity contribution in [2.75, 3.05) is 0 Å². The largest absolute Gasteiger partial charge is 0.507 e. The molecule has 0 atom stereocenters. The molecule has 3 N–H and O–H groups in total. The van der Waals surface area contributed by atoms with Gasteiger partial charge in [0.25, 0.3) is 11.8 Å². The summed E-state index contributed by atoms with van der Waals surface area (Å²) in [5.74, 6) is -0.805. The molecule has 116 valence electrons. The minimum absolute atomic E-state index is 0.0577. The number of nitrogens with one attached hydrogen (secondary N) is 2. The van der Waals surface area contributed by atoms with Gasteiger partial charge >= 0.3 is 0 Å². The number of carbonyl (C=O) groups is 2. The second-order valence-corrected chi connectivity index (χ2v) is 5.30. The summed E-state index contributed by atoms with van der Waals surface area (Å²) in [7, 11) is 0. The summed E-state index contributed by atoms with van der Waals surface area (Å²) >= 11 is 1.25. The second-order valence-electron chi connectivity index (χ2n) is 4.44. The smallest absolute Gasteiger partial charge is 0.289 e.